The summed E-state index contributed by atoms with van der Waals surface area (Å²) in [7, 11) is 0. The second-order valence-corrected chi connectivity index (χ2v) is 9.91. The van der Waals surface area contributed by atoms with Crippen LogP contribution in [0.1, 0.15) is 101 Å². The van der Waals surface area contributed by atoms with E-state index in [4.69, 9.17) is 0 Å². The zero-order chi connectivity index (χ0) is 22.8. The lowest BCUT2D eigenvalue weighted by Crippen LogP contribution is -2.15. The minimum Gasteiger partial charge on any atom is -0.203 e. The summed E-state index contributed by atoms with van der Waals surface area (Å²) in [6.45, 7) is 4.32. The zero-order valence-electron chi connectivity index (χ0n) is 19.2. The van der Waals surface area contributed by atoms with Gasteiger partial charge in [-0.15, -0.1) is 0 Å². The molecule has 0 bridgehead atoms. The molecule has 2 aliphatic carbocycles. The Morgan fingerprint density at radius 2 is 0.875 bits per heavy atom. The van der Waals surface area contributed by atoms with Crippen LogP contribution < -0.4 is 0 Å². The summed E-state index contributed by atoms with van der Waals surface area (Å²) in [5, 5.41) is 0. The molecule has 0 spiro atoms. The molecule has 0 N–H and O–H groups in total. The molecule has 0 heterocycles. The maximum atomic E-state index is 15.0. The van der Waals surface area contributed by atoms with E-state index in [9.17, 15) is 8.78 Å². The standard InChI is InChI=1S/C28H34F4/c1-3-17-5-9-19(10-6-17)21-13-15-23(27(31)25(21)29)24-16-14-22(26(30)28(24)32)20-11-7-18(4-2)8-12-20/h13-20H,3-12H2,1-2H3/t17-,18-,19-,20-. The molecule has 0 unspecified atom stereocenters. The normalized spacial score (nSPS) is 26.3. The van der Waals surface area contributed by atoms with Crippen LogP contribution >= 0.6 is 0 Å². The van der Waals surface area contributed by atoms with Crippen LogP contribution in [-0.4, -0.2) is 0 Å². The maximum absolute atomic E-state index is 15.0. The molecule has 2 fully saturated rings. The molecule has 0 nitrogen and oxygen atoms in total. The maximum Gasteiger partial charge on any atom is 0.167 e. The van der Waals surface area contributed by atoms with Crippen LogP contribution in [0.25, 0.3) is 11.1 Å². The molecule has 174 valence electrons. The van der Waals surface area contributed by atoms with E-state index in [1.165, 1.54) is 12.1 Å². The number of halogens is 4. The Labute approximate surface area is 189 Å². The first kappa shape index (κ1) is 23.3. The third-order valence-corrected chi connectivity index (χ3v) is 8.24. The molecule has 0 saturated heterocycles. The van der Waals surface area contributed by atoms with Crippen molar-refractivity contribution in [3.63, 3.8) is 0 Å². The molecule has 0 aromatic heterocycles. The van der Waals surface area contributed by atoms with E-state index in [1.54, 1.807) is 12.1 Å². The first-order chi connectivity index (χ1) is 15.4. The van der Waals surface area contributed by atoms with Gasteiger partial charge in [-0.25, -0.2) is 17.6 Å². The molecule has 32 heavy (non-hydrogen) atoms. The van der Waals surface area contributed by atoms with Gasteiger partial charge < -0.3 is 0 Å². The molecular weight excluding hydrogens is 412 g/mol. The first-order valence-corrected chi connectivity index (χ1v) is 12.4. The van der Waals surface area contributed by atoms with Crippen molar-refractivity contribution in [3.8, 4) is 11.1 Å². The third kappa shape index (κ3) is 4.47. The highest BCUT2D eigenvalue weighted by atomic mass is 19.2. The molecule has 0 aliphatic heterocycles. The molecule has 0 atom stereocenters. The number of hydrogen-bond donors (Lipinski definition) is 0. The van der Waals surface area contributed by atoms with Gasteiger partial charge in [0, 0.05) is 11.1 Å². The Kier molecular flexibility index (Phi) is 7.27. The molecule has 2 saturated carbocycles. The van der Waals surface area contributed by atoms with E-state index in [2.05, 4.69) is 13.8 Å². The molecule has 2 aliphatic rings. The third-order valence-electron chi connectivity index (χ3n) is 8.24. The molecular formula is C28H34F4. The molecule has 2 aromatic carbocycles. The summed E-state index contributed by atoms with van der Waals surface area (Å²) in [5.41, 5.74) is 0.328. The topological polar surface area (TPSA) is 0 Å². The Hall–Kier alpha value is -1.84. The van der Waals surface area contributed by atoms with Crippen molar-refractivity contribution >= 4 is 0 Å². The quantitative estimate of drug-likeness (QED) is 0.401. The Morgan fingerprint density at radius 3 is 1.19 bits per heavy atom. The van der Waals surface area contributed by atoms with Gasteiger partial charge in [0.1, 0.15) is 0 Å². The summed E-state index contributed by atoms with van der Waals surface area (Å²) in [6, 6.07) is 5.98. The lowest BCUT2D eigenvalue weighted by molar-refractivity contribution is 0.312. The molecule has 0 amide bonds. The average molecular weight is 447 g/mol. The van der Waals surface area contributed by atoms with Crippen LogP contribution in [0.3, 0.4) is 0 Å². The fourth-order valence-corrected chi connectivity index (χ4v) is 5.94. The van der Waals surface area contributed by atoms with E-state index >= 15 is 8.78 Å². The Bertz CT molecular complexity index is 857. The van der Waals surface area contributed by atoms with Crippen molar-refractivity contribution in [2.75, 3.05) is 0 Å². The van der Waals surface area contributed by atoms with Crippen molar-refractivity contribution in [2.24, 2.45) is 11.8 Å². The smallest absolute Gasteiger partial charge is 0.167 e. The number of benzene rings is 2. The second-order valence-electron chi connectivity index (χ2n) is 9.91. The van der Waals surface area contributed by atoms with Crippen LogP contribution in [-0.2, 0) is 0 Å². The first-order valence-electron chi connectivity index (χ1n) is 12.4. The van der Waals surface area contributed by atoms with Gasteiger partial charge in [0.05, 0.1) is 0 Å². The summed E-state index contributed by atoms with van der Waals surface area (Å²) in [5.74, 6) is -2.68. The van der Waals surface area contributed by atoms with Crippen molar-refractivity contribution in [2.45, 2.75) is 89.9 Å². The fourth-order valence-electron chi connectivity index (χ4n) is 5.94. The van der Waals surface area contributed by atoms with E-state index in [0.29, 0.717) is 23.0 Å². The van der Waals surface area contributed by atoms with E-state index < -0.39 is 23.3 Å². The van der Waals surface area contributed by atoms with Gasteiger partial charge in [0.25, 0.3) is 0 Å². The summed E-state index contributed by atoms with van der Waals surface area (Å²) >= 11 is 0. The predicted octanol–water partition coefficient (Wildman–Crippen LogP) is 9.28. The van der Waals surface area contributed by atoms with Crippen LogP contribution in [0, 0.1) is 35.1 Å². The highest BCUT2D eigenvalue weighted by Crippen LogP contribution is 2.42. The van der Waals surface area contributed by atoms with Crippen LogP contribution in [0.4, 0.5) is 17.6 Å². The van der Waals surface area contributed by atoms with Gasteiger partial charge >= 0.3 is 0 Å². The van der Waals surface area contributed by atoms with Gasteiger partial charge in [-0.1, -0.05) is 51.0 Å². The summed E-state index contributed by atoms with van der Waals surface area (Å²) in [6.07, 6.45) is 9.66. The molecule has 2 aromatic rings. The zero-order valence-corrected chi connectivity index (χ0v) is 19.2. The van der Waals surface area contributed by atoms with E-state index in [0.717, 1.165) is 64.2 Å². The van der Waals surface area contributed by atoms with Gasteiger partial charge in [0.2, 0.25) is 0 Å². The van der Waals surface area contributed by atoms with Crippen LogP contribution in [0.5, 0.6) is 0 Å². The molecule has 0 radical (unpaired) electrons. The van der Waals surface area contributed by atoms with Crippen molar-refractivity contribution in [1.82, 2.24) is 0 Å². The van der Waals surface area contributed by atoms with Gasteiger partial charge in [0.15, 0.2) is 23.3 Å². The van der Waals surface area contributed by atoms with Gasteiger partial charge in [-0.05, 0) is 86.2 Å². The van der Waals surface area contributed by atoms with E-state index in [1.807, 2.05) is 0 Å². The SMILES string of the molecule is CC[C@H]1CC[C@H](c2ccc(-c3ccc([C@H]4CC[C@H](CC)CC4)c(F)c3F)c(F)c2F)CC1. The predicted molar refractivity (Wildman–Crippen MR) is 122 cm³/mol. The van der Waals surface area contributed by atoms with Crippen molar-refractivity contribution in [3.05, 3.63) is 58.7 Å². The highest BCUT2D eigenvalue weighted by Gasteiger charge is 2.29. The highest BCUT2D eigenvalue weighted by molar-refractivity contribution is 5.66. The van der Waals surface area contributed by atoms with Gasteiger partial charge in [-0.3, -0.25) is 0 Å². The minimum absolute atomic E-state index is 0.0106. The lowest BCUT2D eigenvalue weighted by Gasteiger charge is -2.29. The summed E-state index contributed by atoms with van der Waals surface area (Å²) in [4.78, 5) is 0. The average Bonchev–Trinajstić information content (AvgIpc) is 2.83. The Balaban J connectivity index is 1.59. The van der Waals surface area contributed by atoms with Crippen molar-refractivity contribution < 1.29 is 17.6 Å². The molecule has 4 heteroatoms. The van der Waals surface area contributed by atoms with E-state index in [-0.39, 0.29) is 23.0 Å². The second kappa shape index (κ2) is 9.97. The van der Waals surface area contributed by atoms with Crippen LogP contribution in [0.2, 0.25) is 0 Å². The number of hydrogen-bond acceptors (Lipinski definition) is 0. The molecule has 4 rings (SSSR count). The largest absolute Gasteiger partial charge is 0.203 e. The van der Waals surface area contributed by atoms with Gasteiger partial charge in [-0.2, -0.15) is 0 Å². The Morgan fingerprint density at radius 1 is 0.531 bits per heavy atom. The fraction of sp³-hybridized carbons (Fsp3) is 0.571. The monoisotopic (exact) mass is 446 g/mol. The minimum atomic E-state index is -1.07. The lowest BCUT2D eigenvalue weighted by atomic mass is 9.77. The number of rotatable bonds is 5. The van der Waals surface area contributed by atoms with Crippen molar-refractivity contribution in [1.29, 1.82) is 0 Å². The van der Waals surface area contributed by atoms with Crippen LogP contribution in [0.15, 0.2) is 24.3 Å². The summed E-state index contributed by atoms with van der Waals surface area (Å²) < 4.78 is 60.0.